The van der Waals surface area contributed by atoms with Crippen molar-refractivity contribution in [2.75, 3.05) is 18.6 Å². The summed E-state index contributed by atoms with van der Waals surface area (Å²) < 4.78 is 31.3. The molecule has 0 fully saturated rings. The van der Waals surface area contributed by atoms with Gasteiger partial charge in [0, 0.05) is 18.6 Å². The average molecular weight is 423 g/mol. The second-order valence-electron chi connectivity index (χ2n) is 6.95. The molecule has 0 bridgehead atoms. The fourth-order valence-corrected chi connectivity index (χ4v) is 3.10. The lowest BCUT2D eigenvalue weighted by atomic mass is 10.1. The number of methoxy groups -OCH3 is 1. The van der Waals surface area contributed by atoms with E-state index in [0.29, 0.717) is 35.3 Å². The highest BCUT2D eigenvalue weighted by atomic mass is 19.1. The first-order valence-corrected chi connectivity index (χ1v) is 10.1. The highest BCUT2D eigenvalue weighted by molar-refractivity contribution is 5.93. The van der Waals surface area contributed by atoms with E-state index < -0.39 is 5.82 Å². The predicted molar refractivity (Wildman–Crippen MR) is 119 cm³/mol. The predicted octanol–water partition coefficient (Wildman–Crippen LogP) is 5.97. The van der Waals surface area contributed by atoms with Crippen LogP contribution in [0.1, 0.15) is 25.8 Å². The maximum absolute atomic E-state index is 14.2. The lowest BCUT2D eigenvalue weighted by Crippen LogP contribution is -2.28. The van der Waals surface area contributed by atoms with Gasteiger partial charge in [0.1, 0.15) is 23.1 Å². The number of benzene rings is 3. The molecular formula is C25H26FNO4. The summed E-state index contributed by atoms with van der Waals surface area (Å²) in [6.45, 7) is 4.16. The molecule has 0 spiro atoms. The second kappa shape index (κ2) is 10.5. The summed E-state index contributed by atoms with van der Waals surface area (Å²) in [5, 5.41) is 0. The zero-order chi connectivity index (χ0) is 22.2. The molecule has 0 atom stereocenters. The third-order valence-corrected chi connectivity index (χ3v) is 4.62. The first-order chi connectivity index (χ1) is 15.0. The molecule has 0 heterocycles. The van der Waals surface area contributed by atoms with E-state index in [4.69, 9.17) is 14.2 Å². The number of rotatable bonds is 9. The molecule has 1 amide bonds. The molecule has 162 valence electrons. The van der Waals surface area contributed by atoms with Crippen molar-refractivity contribution in [3.8, 4) is 23.0 Å². The Bertz CT molecular complexity index is 1020. The van der Waals surface area contributed by atoms with E-state index in [-0.39, 0.29) is 12.5 Å². The Hall–Kier alpha value is -3.54. The third-order valence-electron chi connectivity index (χ3n) is 4.62. The van der Waals surface area contributed by atoms with Crippen LogP contribution in [0.15, 0.2) is 66.7 Å². The number of carbonyl (C=O) groups is 1. The summed E-state index contributed by atoms with van der Waals surface area (Å²) >= 11 is 0. The van der Waals surface area contributed by atoms with E-state index in [2.05, 4.69) is 0 Å². The SMILES string of the molecule is CCCOc1ccc(OC)cc1CN(C(C)=O)c1cc(F)ccc1Oc1ccccc1. The molecule has 0 saturated carbocycles. The van der Waals surface area contributed by atoms with E-state index in [1.807, 2.05) is 37.3 Å². The van der Waals surface area contributed by atoms with Gasteiger partial charge in [-0.25, -0.2) is 4.39 Å². The summed E-state index contributed by atoms with van der Waals surface area (Å²) in [5.41, 5.74) is 1.08. The summed E-state index contributed by atoms with van der Waals surface area (Å²) in [5.74, 6) is 1.54. The molecule has 0 aliphatic rings. The van der Waals surface area contributed by atoms with Crippen molar-refractivity contribution < 1.29 is 23.4 Å². The quantitative estimate of drug-likeness (QED) is 0.426. The lowest BCUT2D eigenvalue weighted by Gasteiger charge is -2.25. The van der Waals surface area contributed by atoms with Crippen LogP contribution < -0.4 is 19.1 Å². The minimum atomic E-state index is -0.463. The maximum atomic E-state index is 14.2. The average Bonchev–Trinajstić information content (AvgIpc) is 2.78. The highest BCUT2D eigenvalue weighted by Crippen LogP contribution is 2.35. The van der Waals surface area contributed by atoms with Crippen LogP contribution in [0, 0.1) is 5.82 Å². The molecule has 31 heavy (non-hydrogen) atoms. The molecule has 0 aromatic heterocycles. The van der Waals surface area contributed by atoms with Crippen molar-refractivity contribution in [3.63, 3.8) is 0 Å². The molecular weight excluding hydrogens is 397 g/mol. The van der Waals surface area contributed by atoms with Crippen molar-refractivity contribution in [2.45, 2.75) is 26.8 Å². The Morgan fingerprint density at radius 3 is 2.39 bits per heavy atom. The molecule has 0 saturated heterocycles. The Morgan fingerprint density at radius 1 is 0.968 bits per heavy atom. The van der Waals surface area contributed by atoms with Crippen molar-refractivity contribution in [1.29, 1.82) is 0 Å². The number of amides is 1. The molecule has 3 aromatic carbocycles. The minimum absolute atomic E-state index is 0.167. The number of nitrogens with zero attached hydrogens (tertiary/aromatic N) is 1. The lowest BCUT2D eigenvalue weighted by molar-refractivity contribution is -0.116. The standard InChI is InChI=1S/C25H26FNO4/c1-4-14-30-24-13-11-22(29-3)15-19(24)17-27(18(2)28)23-16-20(26)10-12-25(23)31-21-8-6-5-7-9-21/h5-13,15-16H,4,14,17H2,1-3H3. The number of hydrogen-bond acceptors (Lipinski definition) is 4. The Balaban J connectivity index is 2.00. The zero-order valence-corrected chi connectivity index (χ0v) is 17.9. The van der Waals surface area contributed by atoms with Gasteiger partial charge in [-0.1, -0.05) is 25.1 Å². The van der Waals surface area contributed by atoms with Crippen LogP contribution in [0.2, 0.25) is 0 Å². The maximum Gasteiger partial charge on any atom is 0.224 e. The summed E-state index contributed by atoms with van der Waals surface area (Å²) in [4.78, 5) is 14.1. The van der Waals surface area contributed by atoms with Gasteiger partial charge in [0.25, 0.3) is 0 Å². The molecule has 5 nitrogen and oxygen atoms in total. The Kier molecular flexibility index (Phi) is 7.49. The topological polar surface area (TPSA) is 48.0 Å². The van der Waals surface area contributed by atoms with Crippen LogP contribution in [0.3, 0.4) is 0 Å². The van der Waals surface area contributed by atoms with Crippen molar-refractivity contribution in [2.24, 2.45) is 0 Å². The normalized spacial score (nSPS) is 10.5. The number of ether oxygens (including phenoxy) is 3. The summed E-state index contributed by atoms with van der Waals surface area (Å²) in [6, 6.07) is 18.7. The van der Waals surface area contributed by atoms with Gasteiger partial charge >= 0.3 is 0 Å². The van der Waals surface area contributed by atoms with Crippen LogP contribution in [-0.4, -0.2) is 19.6 Å². The highest BCUT2D eigenvalue weighted by Gasteiger charge is 2.21. The smallest absolute Gasteiger partial charge is 0.224 e. The van der Waals surface area contributed by atoms with Crippen molar-refractivity contribution in [1.82, 2.24) is 0 Å². The van der Waals surface area contributed by atoms with E-state index in [1.165, 1.54) is 30.0 Å². The zero-order valence-electron chi connectivity index (χ0n) is 17.9. The van der Waals surface area contributed by atoms with Gasteiger partial charge in [-0.05, 0) is 48.9 Å². The number of anilines is 1. The molecule has 0 unspecified atom stereocenters. The summed E-state index contributed by atoms with van der Waals surface area (Å²) in [6.07, 6.45) is 0.848. The van der Waals surface area contributed by atoms with Crippen LogP contribution in [0.25, 0.3) is 0 Å². The van der Waals surface area contributed by atoms with E-state index >= 15 is 0 Å². The monoisotopic (exact) mass is 423 g/mol. The number of carbonyl (C=O) groups excluding carboxylic acids is 1. The van der Waals surface area contributed by atoms with Crippen LogP contribution in [0.5, 0.6) is 23.0 Å². The summed E-state index contributed by atoms with van der Waals surface area (Å²) in [7, 11) is 1.58. The first-order valence-electron chi connectivity index (χ1n) is 10.1. The van der Waals surface area contributed by atoms with Gasteiger partial charge in [0.15, 0.2) is 5.75 Å². The van der Waals surface area contributed by atoms with Gasteiger partial charge in [-0.3, -0.25) is 4.79 Å². The van der Waals surface area contributed by atoms with Crippen LogP contribution in [-0.2, 0) is 11.3 Å². The Morgan fingerprint density at radius 2 is 1.71 bits per heavy atom. The third kappa shape index (κ3) is 5.75. The van der Waals surface area contributed by atoms with Gasteiger partial charge in [-0.15, -0.1) is 0 Å². The van der Waals surface area contributed by atoms with Crippen molar-refractivity contribution in [3.05, 3.63) is 78.1 Å². The molecule has 0 radical (unpaired) electrons. The van der Waals surface area contributed by atoms with Gasteiger partial charge in [-0.2, -0.15) is 0 Å². The molecule has 0 N–H and O–H groups in total. The van der Waals surface area contributed by atoms with E-state index in [0.717, 1.165) is 12.0 Å². The van der Waals surface area contributed by atoms with E-state index in [9.17, 15) is 9.18 Å². The van der Waals surface area contributed by atoms with Gasteiger partial charge in [0.2, 0.25) is 5.91 Å². The fraction of sp³-hybridized carbons (Fsp3) is 0.240. The minimum Gasteiger partial charge on any atom is -0.497 e. The fourth-order valence-electron chi connectivity index (χ4n) is 3.10. The molecule has 6 heteroatoms. The number of halogens is 1. The number of hydrogen-bond donors (Lipinski definition) is 0. The molecule has 0 aliphatic carbocycles. The largest absolute Gasteiger partial charge is 0.497 e. The van der Waals surface area contributed by atoms with Gasteiger partial charge in [0.05, 0.1) is 25.9 Å². The number of para-hydroxylation sites is 1. The van der Waals surface area contributed by atoms with Crippen molar-refractivity contribution >= 4 is 11.6 Å². The van der Waals surface area contributed by atoms with Gasteiger partial charge < -0.3 is 19.1 Å². The van der Waals surface area contributed by atoms with Crippen LogP contribution >= 0.6 is 0 Å². The Labute approximate surface area is 182 Å². The van der Waals surface area contributed by atoms with E-state index in [1.54, 1.807) is 25.3 Å². The second-order valence-corrected chi connectivity index (χ2v) is 6.95. The van der Waals surface area contributed by atoms with Crippen LogP contribution in [0.4, 0.5) is 10.1 Å². The first kappa shape index (κ1) is 22.2. The molecule has 3 aromatic rings. The molecule has 0 aliphatic heterocycles. The molecule has 3 rings (SSSR count).